The van der Waals surface area contributed by atoms with Crippen LogP contribution in [0.2, 0.25) is 0 Å². The van der Waals surface area contributed by atoms with Gasteiger partial charge in [-0.3, -0.25) is 19.4 Å². The van der Waals surface area contributed by atoms with Crippen molar-refractivity contribution >= 4 is 23.4 Å². The van der Waals surface area contributed by atoms with Gasteiger partial charge in [-0.25, -0.2) is 0 Å². The zero-order valence-electron chi connectivity index (χ0n) is 19.0. The Morgan fingerprint density at radius 2 is 1.78 bits per heavy atom. The van der Waals surface area contributed by atoms with Gasteiger partial charge in [0.15, 0.2) is 0 Å². The number of hydrogen-bond acceptors (Lipinski definition) is 4. The first-order valence-electron chi connectivity index (χ1n) is 11.3. The summed E-state index contributed by atoms with van der Waals surface area (Å²) < 4.78 is 0. The maximum Gasteiger partial charge on any atom is 0.255 e. The van der Waals surface area contributed by atoms with Crippen LogP contribution in [0.4, 0.5) is 5.69 Å². The van der Waals surface area contributed by atoms with Crippen molar-refractivity contribution in [3.63, 3.8) is 0 Å². The van der Waals surface area contributed by atoms with Gasteiger partial charge in [-0.1, -0.05) is 26.0 Å². The van der Waals surface area contributed by atoms with E-state index in [1.807, 2.05) is 49.9 Å². The number of benzene rings is 1. The minimum Gasteiger partial charge on any atom is -0.349 e. The van der Waals surface area contributed by atoms with Crippen LogP contribution in [0.25, 0.3) is 0 Å². The lowest BCUT2D eigenvalue weighted by Crippen LogP contribution is -2.47. The lowest BCUT2D eigenvalue weighted by atomic mass is 9.95. The molecule has 2 heterocycles. The Balaban J connectivity index is 1.54. The van der Waals surface area contributed by atoms with Crippen molar-refractivity contribution in [2.24, 2.45) is 11.8 Å². The van der Waals surface area contributed by atoms with Gasteiger partial charge in [-0.05, 0) is 56.0 Å². The van der Waals surface area contributed by atoms with E-state index in [1.54, 1.807) is 24.5 Å². The van der Waals surface area contributed by atoms with Crippen molar-refractivity contribution in [3.8, 4) is 0 Å². The number of piperidine rings is 1. The van der Waals surface area contributed by atoms with Gasteiger partial charge in [0, 0.05) is 42.7 Å². The summed E-state index contributed by atoms with van der Waals surface area (Å²) in [5.41, 5.74) is 2.17. The molecular weight excluding hydrogens is 404 g/mol. The van der Waals surface area contributed by atoms with Crippen molar-refractivity contribution < 1.29 is 14.4 Å². The molecule has 3 rings (SSSR count). The third-order valence-corrected chi connectivity index (χ3v) is 6.11. The van der Waals surface area contributed by atoms with Gasteiger partial charge in [-0.15, -0.1) is 0 Å². The molecule has 3 unspecified atom stereocenters. The van der Waals surface area contributed by atoms with Gasteiger partial charge in [-0.2, -0.15) is 0 Å². The molecule has 0 radical (unpaired) electrons. The first-order valence-corrected chi connectivity index (χ1v) is 11.3. The van der Waals surface area contributed by atoms with E-state index in [0.29, 0.717) is 17.8 Å². The molecule has 1 fully saturated rings. The van der Waals surface area contributed by atoms with Crippen molar-refractivity contribution in [2.75, 3.05) is 18.4 Å². The van der Waals surface area contributed by atoms with Crippen LogP contribution < -0.4 is 10.6 Å². The number of carbonyl (C=O) groups excluding carboxylic acids is 3. The zero-order valence-corrected chi connectivity index (χ0v) is 19.0. The molecule has 170 valence electrons. The number of likely N-dealkylation sites (tertiary alicyclic amines) is 1. The van der Waals surface area contributed by atoms with Crippen LogP contribution >= 0.6 is 0 Å². The Hall–Kier alpha value is -3.22. The van der Waals surface area contributed by atoms with E-state index < -0.39 is 0 Å². The first-order chi connectivity index (χ1) is 15.4. The molecule has 1 aliphatic rings. The Labute approximate surface area is 189 Å². The molecule has 1 saturated heterocycles. The SMILES string of the molecule is CCC(C)C(=O)N1CCCC(C(=O)NC(C)c2ccc(NC(=O)c3ccncc3)cc2)C1. The smallest absolute Gasteiger partial charge is 0.255 e. The van der Waals surface area contributed by atoms with E-state index in [1.165, 1.54) is 0 Å². The fraction of sp³-hybridized carbons (Fsp3) is 0.440. The molecule has 3 amide bonds. The number of pyridine rings is 1. The fourth-order valence-electron chi connectivity index (χ4n) is 3.85. The average Bonchev–Trinajstić information content (AvgIpc) is 2.84. The van der Waals surface area contributed by atoms with Gasteiger partial charge in [0.2, 0.25) is 11.8 Å². The number of aromatic nitrogens is 1. The first kappa shape index (κ1) is 23.4. The molecule has 2 N–H and O–H groups in total. The largest absolute Gasteiger partial charge is 0.349 e. The summed E-state index contributed by atoms with van der Waals surface area (Å²) in [7, 11) is 0. The van der Waals surface area contributed by atoms with E-state index in [4.69, 9.17) is 0 Å². The third-order valence-electron chi connectivity index (χ3n) is 6.11. The normalized spacial score (nSPS) is 17.8. The summed E-state index contributed by atoms with van der Waals surface area (Å²) in [5.74, 6) is -0.265. The van der Waals surface area contributed by atoms with Crippen LogP contribution in [-0.2, 0) is 9.59 Å². The van der Waals surface area contributed by atoms with Crippen LogP contribution in [-0.4, -0.2) is 40.7 Å². The van der Waals surface area contributed by atoms with E-state index >= 15 is 0 Å². The number of carbonyl (C=O) groups is 3. The summed E-state index contributed by atoms with van der Waals surface area (Å²) in [6.45, 7) is 7.11. The molecule has 0 bridgehead atoms. The van der Waals surface area contributed by atoms with Gasteiger partial charge in [0.05, 0.1) is 12.0 Å². The average molecular weight is 437 g/mol. The maximum atomic E-state index is 12.8. The number of hydrogen-bond donors (Lipinski definition) is 2. The Morgan fingerprint density at radius 3 is 2.44 bits per heavy atom. The predicted molar refractivity (Wildman–Crippen MR) is 124 cm³/mol. The highest BCUT2D eigenvalue weighted by atomic mass is 16.2. The monoisotopic (exact) mass is 436 g/mol. The third kappa shape index (κ3) is 5.93. The van der Waals surface area contributed by atoms with Crippen LogP contribution in [0.15, 0.2) is 48.8 Å². The second-order valence-corrected chi connectivity index (χ2v) is 8.47. The van der Waals surface area contributed by atoms with E-state index in [0.717, 1.165) is 31.4 Å². The van der Waals surface area contributed by atoms with Crippen molar-refractivity contribution in [3.05, 3.63) is 59.9 Å². The van der Waals surface area contributed by atoms with Crippen LogP contribution in [0.3, 0.4) is 0 Å². The summed E-state index contributed by atoms with van der Waals surface area (Å²) in [6.07, 6.45) is 5.61. The molecule has 1 aromatic carbocycles. The van der Waals surface area contributed by atoms with E-state index in [-0.39, 0.29) is 35.6 Å². The van der Waals surface area contributed by atoms with Crippen LogP contribution in [0.1, 0.15) is 62.0 Å². The van der Waals surface area contributed by atoms with Gasteiger partial charge < -0.3 is 15.5 Å². The minimum atomic E-state index is -0.199. The molecule has 32 heavy (non-hydrogen) atoms. The lowest BCUT2D eigenvalue weighted by molar-refractivity contribution is -0.139. The fourth-order valence-corrected chi connectivity index (χ4v) is 3.85. The maximum absolute atomic E-state index is 12.8. The lowest BCUT2D eigenvalue weighted by Gasteiger charge is -2.34. The molecule has 3 atom stereocenters. The van der Waals surface area contributed by atoms with Crippen LogP contribution in [0.5, 0.6) is 0 Å². The molecule has 1 aliphatic heterocycles. The second kappa shape index (κ2) is 10.9. The molecule has 0 saturated carbocycles. The summed E-state index contributed by atoms with van der Waals surface area (Å²) >= 11 is 0. The molecule has 7 heteroatoms. The number of rotatable bonds is 7. The van der Waals surface area contributed by atoms with Gasteiger partial charge in [0.1, 0.15) is 0 Å². The van der Waals surface area contributed by atoms with Gasteiger partial charge in [0.25, 0.3) is 5.91 Å². The summed E-state index contributed by atoms with van der Waals surface area (Å²) in [6, 6.07) is 10.6. The van der Waals surface area contributed by atoms with E-state index in [9.17, 15) is 14.4 Å². The Morgan fingerprint density at radius 1 is 1.09 bits per heavy atom. The van der Waals surface area contributed by atoms with Crippen molar-refractivity contribution in [1.29, 1.82) is 0 Å². The Bertz CT molecular complexity index is 930. The van der Waals surface area contributed by atoms with Crippen molar-refractivity contribution in [1.82, 2.24) is 15.2 Å². The summed E-state index contributed by atoms with van der Waals surface area (Å²) in [4.78, 5) is 43.4. The molecule has 2 aromatic rings. The molecule has 0 aliphatic carbocycles. The molecule has 7 nitrogen and oxygen atoms in total. The molecule has 1 aromatic heterocycles. The number of nitrogens with one attached hydrogen (secondary N) is 2. The van der Waals surface area contributed by atoms with E-state index in [2.05, 4.69) is 15.6 Å². The topological polar surface area (TPSA) is 91.4 Å². The number of nitrogens with zero attached hydrogens (tertiary/aromatic N) is 2. The predicted octanol–water partition coefficient (Wildman–Crippen LogP) is 3.80. The molecular formula is C25H32N4O3. The zero-order chi connectivity index (χ0) is 23.1. The Kier molecular flexibility index (Phi) is 7.98. The number of anilines is 1. The van der Waals surface area contributed by atoms with Crippen molar-refractivity contribution in [2.45, 2.75) is 46.1 Å². The number of amides is 3. The minimum absolute atomic E-state index is 0.00621. The highest BCUT2D eigenvalue weighted by Gasteiger charge is 2.30. The second-order valence-electron chi connectivity index (χ2n) is 8.47. The van der Waals surface area contributed by atoms with Gasteiger partial charge >= 0.3 is 0 Å². The van der Waals surface area contributed by atoms with Crippen LogP contribution in [0, 0.1) is 11.8 Å². The molecule has 0 spiro atoms. The quantitative estimate of drug-likeness (QED) is 0.691. The standard InChI is InChI=1S/C25H32N4O3/c1-4-17(2)25(32)29-15-5-6-21(16-29)24(31)27-18(3)19-7-9-22(10-8-19)28-23(30)20-11-13-26-14-12-20/h7-14,17-18,21H,4-6,15-16H2,1-3H3,(H,27,31)(H,28,30). The highest BCUT2D eigenvalue weighted by molar-refractivity contribution is 6.04. The highest BCUT2D eigenvalue weighted by Crippen LogP contribution is 2.22. The summed E-state index contributed by atoms with van der Waals surface area (Å²) in [5, 5.41) is 5.94.